The highest BCUT2D eigenvalue weighted by molar-refractivity contribution is 7.80. The molecule has 0 radical (unpaired) electrons. The molecular formula is C10H15N3O3S. The number of ether oxygens (including phenoxy) is 1. The molecule has 2 rings (SSSR count). The number of aliphatic hydroxyl groups is 1. The summed E-state index contributed by atoms with van der Waals surface area (Å²) < 4.78 is 6.94. The highest BCUT2D eigenvalue weighted by atomic mass is 32.1. The molecule has 0 aromatic carbocycles. The molecule has 94 valence electrons. The van der Waals surface area contributed by atoms with Crippen LogP contribution in [0.1, 0.15) is 13.2 Å². The average molecular weight is 257 g/mol. The van der Waals surface area contributed by atoms with Gasteiger partial charge in [-0.25, -0.2) is 4.79 Å². The second kappa shape index (κ2) is 4.67. The largest absolute Gasteiger partial charge is 0.390 e. The Morgan fingerprint density at radius 3 is 2.94 bits per heavy atom. The minimum absolute atomic E-state index is 0.170. The third-order valence-electron chi connectivity index (χ3n) is 2.99. The Hall–Kier alpha value is -1.05. The molecule has 4 atom stereocenters. The number of nitrogen functional groups attached to an aromatic ring is 1. The Morgan fingerprint density at radius 2 is 2.41 bits per heavy atom. The maximum Gasteiger partial charge on any atom is 0.351 e. The van der Waals surface area contributed by atoms with Crippen LogP contribution < -0.4 is 11.4 Å². The Kier molecular flexibility index (Phi) is 3.41. The quantitative estimate of drug-likeness (QED) is 0.630. The van der Waals surface area contributed by atoms with Gasteiger partial charge in [0.1, 0.15) is 12.0 Å². The summed E-state index contributed by atoms with van der Waals surface area (Å²) in [6.45, 7) is 1.82. The monoisotopic (exact) mass is 257 g/mol. The van der Waals surface area contributed by atoms with Crippen LogP contribution in [0.15, 0.2) is 17.1 Å². The third kappa shape index (κ3) is 2.18. The van der Waals surface area contributed by atoms with Gasteiger partial charge in [0.15, 0.2) is 0 Å². The summed E-state index contributed by atoms with van der Waals surface area (Å²) in [4.78, 5) is 15.3. The average Bonchev–Trinajstić information content (AvgIpc) is 2.57. The van der Waals surface area contributed by atoms with Crippen molar-refractivity contribution in [3.63, 3.8) is 0 Å². The molecule has 0 unspecified atom stereocenters. The van der Waals surface area contributed by atoms with E-state index in [1.807, 2.05) is 6.92 Å². The van der Waals surface area contributed by atoms with E-state index >= 15 is 0 Å². The predicted molar refractivity (Wildman–Crippen MR) is 65.8 cm³/mol. The zero-order valence-electron chi connectivity index (χ0n) is 9.35. The topological polar surface area (TPSA) is 90.4 Å². The van der Waals surface area contributed by atoms with E-state index in [9.17, 15) is 9.90 Å². The van der Waals surface area contributed by atoms with Crippen molar-refractivity contribution < 1.29 is 9.84 Å². The lowest BCUT2D eigenvalue weighted by atomic mass is 10.0. The second-order valence-electron chi connectivity index (χ2n) is 4.14. The minimum atomic E-state index is -0.637. The molecule has 1 aromatic heterocycles. The molecule has 0 amide bonds. The van der Waals surface area contributed by atoms with Crippen LogP contribution in [0.3, 0.4) is 0 Å². The second-order valence-corrected chi connectivity index (χ2v) is 4.50. The smallest absolute Gasteiger partial charge is 0.351 e. The van der Waals surface area contributed by atoms with E-state index in [4.69, 9.17) is 10.5 Å². The molecule has 1 aliphatic heterocycles. The van der Waals surface area contributed by atoms with E-state index in [-0.39, 0.29) is 17.8 Å². The summed E-state index contributed by atoms with van der Waals surface area (Å²) in [6, 6.07) is 1.53. The van der Waals surface area contributed by atoms with Crippen LogP contribution in [0.5, 0.6) is 0 Å². The number of nitrogens with zero attached hydrogens (tertiary/aromatic N) is 2. The Morgan fingerprint density at radius 1 is 1.71 bits per heavy atom. The summed E-state index contributed by atoms with van der Waals surface area (Å²) in [6.07, 6.45) is -0.00750. The lowest BCUT2D eigenvalue weighted by molar-refractivity contribution is -0.0117. The van der Waals surface area contributed by atoms with Crippen LogP contribution in [-0.2, 0) is 4.74 Å². The number of aliphatic hydroxyl groups excluding tert-OH is 1. The number of aromatic nitrogens is 2. The Balaban J connectivity index is 2.32. The zero-order chi connectivity index (χ0) is 12.6. The maximum atomic E-state index is 11.7. The van der Waals surface area contributed by atoms with E-state index in [1.165, 1.54) is 16.8 Å². The van der Waals surface area contributed by atoms with E-state index in [0.717, 1.165) is 0 Å². The molecule has 1 aliphatic rings. The summed E-state index contributed by atoms with van der Waals surface area (Å²) in [5.74, 6) is 0.373. The van der Waals surface area contributed by atoms with Gasteiger partial charge < -0.3 is 15.6 Å². The van der Waals surface area contributed by atoms with Gasteiger partial charge in [-0.3, -0.25) is 4.57 Å². The van der Waals surface area contributed by atoms with Gasteiger partial charge in [0.2, 0.25) is 0 Å². The van der Waals surface area contributed by atoms with Gasteiger partial charge >= 0.3 is 5.69 Å². The van der Waals surface area contributed by atoms with Crippen LogP contribution >= 0.6 is 12.6 Å². The first-order valence-electron chi connectivity index (χ1n) is 5.33. The van der Waals surface area contributed by atoms with Crippen molar-refractivity contribution in [2.24, 2.45) is 5.92 Å². The normalized spacial score (nSPS) is 32.9. The summed E-state index contributed by atoms with van der Waals surface area (Å²) >= 11 is 4.10. The molecular weight excluding hydrogens is 242 g/mol. The fraction of sp³-hybridized carbons (Fsp3) is 0.600. The fourth-order valence-corrected chi connectivity index (χ4v) is 2.28. The van der Waals surface area contributed by atoms with Gasteiger partial charge in [-0.05, 0) is 6.07 Å². The summed E-state index contributed by atoms with van der Waals surface area (Å²) in [5.41, 5.74) is 4.94. The van der Waals surface area contributed by atoms with Gasteiger partial charge in [-0.15, -0.1) is 0 Å². The first kappa shape index (κ1) is 12.4. The molecule has 0 spiro atoms. The van der Waals surface area contributed by atoms with Crippen molar-refractivity contribution in [2.75, 3.05) is 11.5 Å². The molecule has 17 heavy (non-hydrogen) atoms. The van der Waals surface area contributed by atoms with Crippen molar-refractivity contribution >= 4 is 18.4 Å². The number of rotatable bonds is 2. The number of thiol groups is 1. The van der Waals surface area contributed by atoms with Gasteiger partial charge in [-0.1, -0.05) is 6.92 Å². The maximum absolute atomic E-state index is 11.7. The molecule has 1 aromatic rings. The highest BCUT2D eigenvalue weighted by Crippen LogP contribution is 2.33. The Labute approximate surface area is 104 Å². The van der Waals surface area contributed by atoms with Crippen LogP contribution in [0.4, 0.5) is 5.82 Å². The van der Waals surface area contributed by atoms with Crippen molar-refractivity contribution in [1.82, 2.24) is 9.55 Å². The molecule has 1 fully saturated rings. The van der Waals surface area contributed by atoms with E-state index in [1.54, 1.807) is 0 Å². The number of anilines is 1. The fourth-order valence-electron chi connectivity index (χ4n) is 1.98. The standard InChI is InChI=1S/C10H15N3O3S/c1-5-8(14)6(4-17)16-9(5)13-3-2-7(11)12-10(13)15/h2-3,5-6,8-9,14,17H,4H2,1H3,(H2,11,12,15)/t5-,6-,8+,9-/m1/s1. The lowest BCUT2D eigenvalue weighted by Crippen LogP contribution is -2.30. The lowest BCUT2D eigenvalue weighted by Gasteiger charge is -2.17. The number of nitrogens with two attached hydrogens (primary N) is 1. The van der Waals surface area contributed by atoms with Crippen molar-refractivity contribution in [1.29, 1.82) is 0 Å². The first-order valence-corrected chi connectivity index (χ1v) is 5.97. The van der Waals surface area contributed by atoms with Crippen LogP contribution in [0.25, 0.3) is 0 Å². The van der Waals surface area contributed by atoms with Crippen molar-refractivity contribution in [2.45, 2.75) is 25.4 Å². The van der Waals surface area contributed by atoms with E-state index in [2.05, 4.69) is 17.6 Å². The van der Waals surface area contributed by atoms with E-state index < -0.39 is 18.0 Å². The first-order chi connectivity index (χ1) is 8.04. The van der Waals surface area contributed by atoms with Crippen molar-refractivity contribution in [3.8, 4) is 0 Å². The summed E-state index contributed by atoms with van der Waals surface area (Å²) in [5, 5.41) is 9.90. The number of hydrogen-bond acceptors (Lipinski definition) is 6. The highest BCUT2D eigenvalue weighted by Gasteiger charge is 2.41. The van der Waals surface area contributed by atoms with Crippen molar-refractivity contribution in [3.05, 3.63) is 22.7 Å². The Bertz CT molecular complexity index is 464. The van der Waals surface area contributed by atoms with Gasteiger partial charge in [0.25, 0.3) is 0 Å². The van der Waals surface area contributed by atoms with Gasteiger partial charge in [-0.2, -0.15) is 17.6 Å². The molecule has 0 bridgehead atoms. The molecule has 2 heterocycles. The molecule has 0 saturated carbocycles. The summed E-state index contributed by atoms with van der Waals surface area (Å²) in [7, 11) is 0. The molecule has 7 heteroatoms. The molecule has 6 nitrogen and oxygen atoms in total. The van der Waals surface area contributed by atoms with Crippen LogP contribution in [0.2, 0.25) is 0 Å². The predicted octanol–water partition coefficient (Wildman–Crippen LogP) is -0.350. The van der Waals surface area contributed by atoms with E-state index in [0.29, 0.717) is 5.75 Å². The minimum Gasteiger partial charge on any atom is -0.390 e. The van der Waals surface area contributed by atoms with Crippen LogP contribution in [0, 0.1) is 5.92 Å². The van der Waals surface area contributed by atoms with Crippen LogP contribution in [-0.4, -0.2) is 32.6 Å². The molecule has 0 aliphatic carbocycles. The molecule has 1 saturated heterocycles. The SMILES string of the molecule is C[C@@H]1[C@H](O)[C@@H](CS)O[C@H]1n1ccc(N)nc1=O. The van der Waals surface area contributed by atoms with Gasteiger partial charge in [0.05, 0.1) is 12.2 Å². The third-order valence-corrected chi connectivity index (χ3v) is 3.35. The van der Waals surface area contributed by atoms with Gasteiger partial charge in [0, 0.05) is 17.9 Å². The number of hydrogen-bond donors (Lipinski definition) is 3. The molecule has 3 N–H and O–H groups in total. The zero-order valence-corrected chi connectivity index (χ0v) is 10.2.